The van der Waals surface area contributed by atoms with Crippen molar-refractivity contribution in [1.29, 1.82) is 0 Å². The van der Waals surface area contributed by atoms with Crippen LogP contribution in [0.4, 0.5) is 0 Å². The van der Waals surface area contributed by atoms with Crippen LogP contribution >= 0.6 is 0 Å². The third-order valence-electron chi connectivity index (χ3n) is 1.86. The molecule has 0 fully saturated rings. The lowest BCUT2D eigenvalue weighted by atomic mass is 10.3. The van der Waals surface area contributed by atoms with Crippen LogP contribution < -0.4 is 5.32 Å². The Balaban J connectivity index is 1.79. The maximum atomic E-state index is 4.95. The van der Waals surface area contributed by atoms with Gasteiger partial charge >= 0.3 is 0 Å². The summed E-state index contributed by atoms with van der Waals surface area (Å²) in [5.41, 5.74) is 2.13. The molecule has 2 aromatic heterocycles. The highest BCUT2D eigenvalue weighted by Crippen LogP contribution is 1.99. The molecule has 0 atom stereocenters. The van der Waals surface area contributed by atoms with Gasteiger partial charge in [-0.3, -0.25) is 0 Å². The third-order valence-corrected chi connectivity index (χ3v) is 1.86. The summed E-state index contributed by atoms with van der Waals surface area (Å²) in [6.07, 6.45) is 6.69. The third kappa shape index (κ3) is 2.40. The van der Waals surface area contributed by atoms with E-state index in [0.29, 0.717) is 0 Å². The van der Waals surface area contributed by atoms with Gasteiger partial charge in [0.1, 0.15) is 6.33 Å². The van der Waals surface area contributed by atoms with E-state index in [9.17, 15) is 0 Å². The first-order valence-electron chi connectivity index (χ1n) is 4.42. The summed E-state index contributed by atoms with van der Waals surface area (Å²) >= 11 is 0. The van der Waals surface area contributed by atoms with Gasteiger partial charge in [0.05, 0.1) is 18.2 Å². The first-order chi connectivity index (χ1) is 6.95. The molecular weight excluding hydrogens is 178 g/mol. The zero-order chi connectivity index (χ0) is 9.64. The van der Waals surface area contributed by atoms with Gasteiger partial charge in [-0.05, 0) is 12.1 Å². The van der Waals surface area contributed by atoms with Crippen LogP contribution in [0.25, 0.3) is 0 Å². The molecule has 72 valence electrons. The van der Waals surface area contributed by atoms with Crippen LogP contribution in [0, 0.1) is 0 Å². The van der Waals surface area contributed by atoms with Crippen molar-refractivity contribution >= 4 is 0 Å². The number of nitrogens with one attached hydrogen (secondary N) is 1. The monoisotopic (exact) mass is 189 g/mol. The van der Waals surface area contributed by atoms with Crippen molar-refractivity contribution in [3.8, 4) is 0 Å². The van der Waals surface area contributed by atoms with Crippen LogP contribution in [-0.4, -0.2) is 9.97 Å². The van der Waals surface area contributed by atoms with Crippen LogP contribution in [0.3, 0.4) is 0 Å². The van der Waals surface area contributed by atoms with E-state index >= 15 is 0 Å². The maximum absolute atomic E-state index is 4.95. The number of rotatable bonds is 4. The van der Waals surface area contributed by atoms with Crippen molar-refractivity contribution in [2.75, 3.05) is 0 Å². The number of furan rings is 1. The molecule has 0 radical (unpaired) electrons. The highest BCUT2D eigenvalue weighted by molar-refractivity contribution is 5.05. The largest absolute Gasteiger partial charge is 0.472 e. The van der Waals surface area contributed by atoms with Crippen LogP contribution in [0.1, 0.15) is 11.3 Å². The molecule has 1 N–H and O–H groups in total. The summed E-state index contributed by atoms with van der Waals surface area (Å²) in [5, 5.41) is 3.25. The van der Waals surface area contributed by atoms with Crippen LogP contribution in [0.2, 0.25) is 0 Å². The fourth-order valence-corrected chi connectivity index (χ4v) is 1.15. The Bertz CT molecular complexity index is 358. The number of nitrogens with zero attached hydrogens (tertiary/aromatic N) is 2. The van der Waals surface area contributed by atoms with E-state index in [1.54, 1.807) is 25.1 Å². The molecule has 0 spiro atoms. The molecule has 14 heavy (non-hydrogen) atoms. The highest BCUT2D eigenvalue weighted by atomic mass is 16.3. The first kappa shape index (κ1) is 8.90. The standard InChI is InChI=1S/C10H11N3O/c1-3-11-8-13-10(1)6-12-5-9-2-4-14-7-9/h1-4,7-8,12H,5-6H2. The predicted octanol–water partition coefficient (Wildman–Crippen LogP) is 1.36. The van der Waals surface area contributed by atoms with Crippen LogP contribution in [-0.2, 0) is 13.1 Å². The van der Waals surface area contributed by atoms with E-state index in [4.69, 9.17) is 4.42 Å². The molecular formula is C10H11N3O. The van der Waals surface area contributed by atoms with Crippen molar-refractivity contribution in [3.63, 3.8) is 0 Å². The van der Waals surface area contributed by atoms with Crippen molar-refractivity contribution in [1.82, 2.24) is 15.3 Å². The molecule has 0 aliphatic carbocycles. The van der Waals surface area contributed by atoms with Gasteiger partial charge in [-0.25, -0.2) is 9.97 Å². The molecule has 2 rings (SSSR count). The Morgan fingerprint density at radius 2 is 2.29 bits per heavy atom. The van der Waals surface area contributed by atoms with Crippen LogP contribution in [0.5, 0.6) is 0 Å². The van der Waals surface area contributed by atoms with Gasteiger partial charge < -0.3 is 9.73 Å². The zero-order valence-corrected chi connectivity index (χ0v) is 7.68. The van der Waals surface area contributed by atoms with Crippen molar-refractivity contribution in [3.05, 3.63) is 48.4 Å². The topological polar surface area (TPSA) is 51.0 Å². The Morgan fingerprint density at radius 3 is 3.00 bits per heavy atom. The minimum atomic E-state index is 0.744. The molecule has 2 heterocycles. The van der Waals surface area contributed by atoms with Gasteiger partial charge in [-0.15, -0.1) is 0 Å². The summed E-state index contributed by atoms with van der Waals surface area (Å²) < 4.78 is 4.95. The maximum Gasteiger partial charge on any atom is 0.115 e. The quantitative estimate of drug-likeness (QED) is 0.789. The summed E-state index contributed by atoms with van der Waals surface area (Å²) in [5.74, 6) is 0. The molecule has 0 bridgehead atoms. The van der Waals surface area contributed by atoms with E-state index in [-0.39, 0.29) is 0 Å². The van der Waals surface area contributed by atoms with Gasteiger partial charge in [-0.1, -0.05) is 0 Å². The Hall–Kier alpha value is -1.68. The van der Waals surface area contributed by atoms with E-state index < -0.39 is 0 Å². The van der Waals surface area contributed by atoms with Crippen LogP contribution in [0.15, 0.2) is 41.6 Å². The summed E-state index contributed by atoms with van der Waals surface area (Å²) in [6, 6.07) is 3.83. The molecule has 0 unspecified atom stereocenters. The van der Waals surface area contributed by atoms with Gasteiger partial charge in [-0.2, -0.15) is 0 Å². The molecule has 2 aromatic rings. The number of hydrogen-bond donors (Lipinski definition) is 1. The predicted molar refractivity (Wildman–Crippen MR) is 51.3 cm³/mol. The average Bonchev–Trinajstić information content (AvgIpc) is 2.72. The number of hydrogen-bond acceptors (Lipinski definition) is 4. The van der Waals surface area contributed by atoms with E-state index in [1.807, 2.05) is 12.1 Å². The van der Waals surface area contributed by atoms with E-state index in [2.05, 4.69) is 15.3 Å². The molecule has 0 aliphatic heterocycles. The Kier molecular flexibility index (Phi) is 2.88. The molecule has 0 aromatic carbocycles. The molecule has 0 saturated carbocycles. The van der Waals surface area contributed by atoms with Gasteiger partial charge in [0.2, 0.25) is 0 Å². The van der Waals surface area contributed by atoms with Crippen molar-refractivity contribution in [2.45, 2.75) is 13.1 Å². The van der Waals surface area contributed by atoms with Crippen molar-refractivity contribution < 1.29 is 4.42 Å². The highest BCUT2D eigenvalue weighted by Gasteiger charge is 1.95. The second-order valence-electron chi connectivity index (χ2n) is 2.94. The fourth-order valence-electron chi connectivity index (χ4n) is 1.15. The van der Waals surface area contributed by atoms with Gasteiger partial charge in [0.25, 0.3) is 0 Å². The molecule has 4 heteroatoms. The lowest BCUT2D eigenvalue weighted by Gasteiger charge is -2.00. The zero-order valence-electron chi connectivity index (χ0n) is 7.68. The second-order valence-corrected chi connectivity index (χ2v) is 2.94. The van der Waals surface area contributed by atoms with E-state index in [0.717, 1.165) is 24.3 Å². The smallest absolute Gasteiger partial charge is 0.115 e. The Labute approximate surface area is 82.0 Å². The number of aromatic nitrogens is 2. The summed E-state index contributed by atoms with van der Waals surface area (Å²) in [7, 11) is 0. The minimum absolute atomic E-state index is 0.744. The second kappa shape index (κ2) is 4.53. The van der Waals surface area contributed by atoms with Gasteiger partial charge in [0, 0.05) is 24.8 Å². The fraction of sp³-hybridized carbons (Fsp3) is 0.200. The lowest BCUT2D eigenvalue weighted by molar-refractivity contribution is 0.560. The molecule has 4 nitrogen and oxygen atoms in total. The average molecular weight is 189 g/mol. The Morgan fingerprint density at radius 1 is 1.29 bits per heavy atom. The van der Waals surface area contributed by atoms with E-state index in [1.165, 1.54) is 0 Å². The molecule has 0 aliphatic rings. The molecule has 0 amide bonds. The normalized spacial score (nSPS) is 10.3. The lowest BCUT2D eigenvalue weighted by Crippen LogP contribution is -2.13. The summed E-state index contributed by atoms with van der Waals surface area (Å²) in [4.78, 5) is 7.95. The van der Waals surface area contributed by atoms with Gasteiger partial charge in [0.15, 0.2) is 0 Å². The summed E-state index contributed by atoms with van der Waals surface area (Å²) in [6.45, 7) is 1.54. The molecule has 0 saturated heterocycles. The van der Waals surface area contributed by atoms with Crippen molar-refractivity contribution in [2.24, 2.45) is 0 Å². The minimum Gasteiger partial charge on any atom is -0.472 e. The first-order valence-corrected chi connectivity index (χ1v) is 4.42. The SMILES string of the molecule is c1cc(CNCc2ccoc2)ncn1.